The van der Waals surface area contributed by atoms with Crippen molar-refractivity contribution in [3.05, 3.63) is 66.0 Å². The molecule has 1 atom stereocenters. The Morgan fingerprint density at radius 3 is 2.45 bits per heavy atom. The Labute approximate surface area is 189 Å². The fourth-order valence-electron chi connectivity index (χ4n) is 3.46. The minimum Gasteiger partial charge on any atom is -0.386 e. The van der Waals surface area contributed by atoms with Gasteiger partial charge in [0, 0.05) is 36.9 Å². The summed E-state index contributed by atoms with van der Waals surface area (Å²) < 4.78 is 13.8. The van der Waals surface area contributed by atoms with Crippen LogP contribution in [0, 0.1) is 5.82 Å². The Balaban J connectivity index is 0.00000300. The quantitative estimate of drug-likeness (QED) is 0.314. The summed E-state index contributed by atoms with van der Waals surface area (Å²) in [5.74, 6) is 0.257. The van der Waals surface area contributed by atoms with Crippen LogP contribution >= 0.6 is 24.0 Å². The van der Waals surface area contributed by atoms with E-state index in [-0.39, 0.29) is 36.1 Å². The second-order valence-electron chi connectivity index (χ2n) is 7.00. The Kier molecular flexibility index (Phi) is 9.66. The molecular weight excluding hydrogens is 482 g/mol. The number of hydrogen-bond acceptors (Lipinski definition) is 3. The zero-order chi connectivity index (χ0) is 19.8. The summed E-state index contributed by atoms with van der Waals surface area (Å²) in [7, 11) is 0. The molecule has 0 bridgehead atoms. The van der Waals surface area contributed by atoms with E-state index in [0.717, 1.165) is 32.5 Å². The topological polar surface area (TPSA) is 59.9 Å². The van der Waals surface area contributed by atoms with E-state index in [4.69, 9.17) is 0 Å². The molecule has 0 aliphatic carbocycles. The normalized spacial score (nSPS) is 16.1. The molecule has 0 amide bonds. The van der Waals surface area contributed by atoms with Gasteiger partial charge in [-0.2, -0.15) is 0 Å². The lowest BCUT2D eigenvalue weighted by molar-refractivity contribution is 0.182. The van der Waals surface area contributed by atoms with E-state index >= 15 is 0 Å². The molecule has 1 heterocycles. The second kappa shape index (κ2) is 12.0. The van der Waals surface area contributed by atoms with E-state index < -0.39 is 11.9 Å². The maximum atomic E-state index is 13.8. The molecule has 0 saturated carbocycles. The highest BCUT2D eigenvalue weighted by Gasteiger charge is 2.20. The monoisotopic (exact) mass is 512 g/mol. The summed E-state index contributed by atoms with van der Waals surface area (Å²) in [6.07, 6.45) is 1.06. The van der Waals surface area contributed by atoms with E-state index in [2.05, 4.69) is 44.8 Å². The summed E-state index contributed by atoms with van der Waals surface area (Å²) in [6.45, 7) is 4.81. The molecule has 0 spiro atoms. The first-order chi connectivity index (χ1) is 13.7. The number of aliphatic hydroxyl groups excluding tert-OH is 1. The highest BCUT2D eigenvalue weighted by Crippen LogP contribution is 2.20. The molecule has 2 aromatic carbocycles. The summed E-state index contributed by atoms with van der Waals surface area (Å²) in [4.78, 5) is 6.86. The van der Waals surface area contributed by atoms with Gasteiger partial charge < -0.3 is 20.6 Å². The molecule has 7 heteroatoms. The van der Waals surface area contributed by atoms with Crippen LogP contribution in [0.5, 0.6) is 0 Å². The average Bonchev–Trinajstić information content (AvgIpc) is 2.73. The number of piperidine rings is 1. The summed E-state index contributed by atoms with van der Waals surface area (Å²) in [6, 6.07) is 17.1. The van der Waals surface area contributed by atoms with Crippen molar-refractivity contribution in [2.45, 2.75) is 31.9 Å². The Bertz CT molecular complexity index is 766. The van der Waals surface area contributed by atoms with Crippen LogP contribution < -0.4 is 15.5 Å². The molecule has 0 radical (unpaired) electrons. The lowest BCUT2D eigenvalue weighted by Crippen LogP contribution is -2.48. The van der Waals surface area contributed by atoms with Crippen LogP contribution in [0.25, 0.3) is 0 Å². The van der Waals surface area contributed by atoms with E-state index in [9.17, 15) is 9.50 Å². The smallest absolute Gasteiger partial charge is 0.191 e. The number of anilines is 1. The van der Waals surface area contributed by atoms with Crippen LogP contribution in [-0.4, -0.2) is 43.3 Å². The third kappa shape index (κ3) is 6.85. The molecule has 29 heavy (non-hydrogen) atoms. The third-order valence-electron chi connectivity index (χ3n) is 4.99. The highest BCUT2D eigenvalue weighted by atomic mass is 127. The van der Waals surface area contributed by atoms with Gasteiger partial charge in [-0.15, -0.1) is 24.0 Å². The first-order valence-electron chi connectivity index (χ1n) is 9.94. The van der Waals surface area contributed by atoms with Crippen LogP contribution in [0.1, 0.15) is 31.4 Å². The summed E-state index contributed by atoms with van der Waals surface area (Å²) in [5, 5.41) is 16.9. The molecular formula is C22H30FIN4O. The summed E-state index contributed by atoms with van der Waals surface area (Å²) >= 11 is 0. The highest BCUT2D eigenvalue weighted by molar-refractivity contribution is 14.0. The summed E-state index contributed by atoms with van der Waals surface area (Å²) in [5.41, 5.74) is 1.54. The molecule has 1 aliphatic heterocycles. The number of nitrogens with one attached hydrogen (secondary N) is 2. The zero-order valence-corrected chi connectivity index (χ0v) is 19.1. The Morgan fingerprint density at radius 1 is 1.14 bits per heavy atom. The SMILES string of the molecule is CCNC(=NCC(O)c1ccccc1F)NC1CCN(c2ccccc2)CC1.I. The molecule has 1 aliphatic rings. The molecule has 3 rings (SSSR count). The van der Waals surface area contributed by atoms with Gasteiger partial charge in [0.2, 0.25) is 0 Å². The van der Waals surface area contributed by atoms with Gasteiger partial charge in [0.25, 0.3) is 0 Å². The molecule has 1 unspecified atom stereocenters. The second-order valence-corrected chi connectivity index (χ2v) is 7.00. The van der Waals surface area contributed by atoms with E-state index in [0.29, 0.717) is 12.0 Å². The number of aliphatic imine (C=N–C) groups is 1. The van der Waals surface area contributed by atoms with Crippen molar-refractivity contribution in [2.75, 3.05) is 31.1 Å². The van der Waals surface area contributed by atoms with E-state index in [1.807, 2.05) is 13.0 Å². The first-order valence-corrected chi connectivity index (χ1v) is 9.94. The number of benzene rings is 2. The van der Waals surface area contributed by atoms with Gasteiger partial charge in [0.15, 0.2) is 5.96 Å². The molecule has 158 valence electrons. The van der Waals surface area contributed by atoms with Crippen molar-refractivity contribution in [1.29, 1.82) is 0 Å². The fraction of sp³-hybridized carbons (Fsp3) is 0.409. The van der Waals surface area contributed by atoms with Crippen LogP contribution in [-0.2, 0) is 0 Å². The minimum atomic E-state index is -0.961. The van der Waals surface area contributed by atoms with E-state index in [1.165, 1.54) is 11.8 Å². The number of halogens is 2. The van der Waals surface area contributed by atoms with Crippen molar-refractivity contribution in [2.24, 2.45) is 4.99 Å². The van der Waals surface area contributed by atoms with Crippen molar-refractivity contribution in [3.8, 4) is 0 Å². The van der Waals surface area contributed by atoms with Crippen LogP contribution in [0.3, 0.4) is 0 Å². The minimum absolute atomic E-state index is 0. The Hall–Kier alpha value is -1.87. The number of para-hydroxylation sites is 1. The number of rotatable bonds is 6. The fourth-order valence-corrected chi connectivity index (χ4v) is 3.46. The molecule has 1 fully saturated rings. The standard InChI is InChI=1S/C22H29FN4O.HI/c1-2-24-22(25-16-21(28)19-10-6-7-11-20(19)23)26-17-12-14-27(15-13-17)18-8-4-3-5-9-18;/h3-11,17,21,28H,2,12-16H2,1H3,(H2,24,25,26);1H. The van der Waals surface area contributed by atoms with Gasteiger partial charge in [-0.25, -0.2) is 4.39 Å². The number of nitrogens with zero attached hydrogens (tertiary/aromatic N) is 2. The van der Waals surface area contributed by atoms with Gasteiger partial charge in [-0.3, -0.25) is 4.99 Å². The zero-order valence-electron chi connectivity index (χ0n) is 16.7. The number of hydrogen-bond donors (Lipinski definition) is 3. The van der Waals surface area contributed by atoms with E-state index in [1.54, 1.807) is 18.2 Å². The van der Waals surface area contributed by atoms with Crippen molar-refractivity contribution in [3.63, 3.8) is 0 Å². The Morgan fingerprint density at radius 2 is 1.79 bits per heavy atom. The first kappa shape index (κ1) is 23.4. The van der Waals surface area contributed by atoms with Gasteiger partial charge in [0.1, 0.15) is 11.9 Å². The molecule has 3 N–H and O–H groups in total. The number of guanidine groups is 1. The van der Waals surface area contributed by atoms with Crippen LogP contribution in [0.4, 0.5) is 10.1 Å². The van der Waals surface area contributed by atoms with Crippen molar-refractivity contribution >= 4 is 35.6 Å². The van der Waals surface area contributed by atoms with Gasteiger partial charge in [-0.05, 0) is 38.0 Å². The lowest BCUT2D eigenvalue weighted by atomic mass is 10.0. The number of aliphatic hydroxyl groups is 1. The van der Waals surface area contributed by atoms with Crippen LogP contribution in [0.15, 0.2) is 59.6 Å². The van der Waals surface area contributed by atoms with Gasteiger partial charge in [0.05, 0.1) is 6.54 Å². The predicted molar refractivity (Wildman–Crippen MR) is 128 cm³/mol. The maximum absolute atomic E-state index is 13.8. The average molecular weight is 512 g/mol. The maximum Gasteiger partial charge on any atom is 0.191 e. The molecule has 2 aromatic rings. The third-order valence-corrected chi connectivity index (χ3v) is 4.99. The molecule has 5 nitrogen and oxygen atoms in total. The largest absolute Gasteiger partial charge is 0.386 e. The molecule has 0 aromatic heterocycles. The molecule has 1 saturated heterocycles. The lowest BCUT2D eigenvalue weighted by Gasteiger charge is -2.34. The van der Waals surface area contributed by atoms with Gasteiger partial charge in [-0.1, -0.05) is 36.4 Å². The van der Waals surface area contributed by atoms with Gasteiger partial charge >= 0.3 is 0 Å². The van der Waals surface area contributed by atoms with Crippen LogP contribution in [0.2, 0.25) is 0 Å². The van der Waals surface area contributed by atoms with Crippen molar-refractivity contribution < 1.29 is 9.50 Å². The van der Waals surface area contributed by atoms with Crippen molar-refractivity contribution in [1.82, 2.24) is 10.6 Å². The predicted octanol–water partition coefficient (Wildman–Crippen LogP) is 3.70.